The fourth-order valence-electron chi connectivity index (χ4n) is 5.00. The molecule has 0 aliphatic heterocycles. The van der Waals surface area contributed by atoms with Gasteiger partial charge >= 0.3 is 0 Å². The van der Waals surface area contributed by atoms with E-state index < -0.39 is 0 Å². The standard InChI is InChI=1S/C23H30N4OS/c1-23(2)10-9-15-18(13-23)25-26-21(15)17-11-19-16(24-17)12-20(29-19)27(3)22(28)14-7-5-4-6-8-14/h11-12,14,24H,4-10,13H2,1-3H3,(H,25,26). The second-order valence-electron chi connectivity index (χ2n) is 9.65. The lowest BCUT2D eigenvalue weighted by atomic mass is 9.76. The maximum absolute atomic E-state index is 12.9. The molecular formula is C23H30N4OS. The van der Waals surface area contributed by atoms with Crippen LogP contribution < -0.4 is 4.90 Å². The molecule has 3 aromatic rings. The molecule has 0 radical (unpaired) electrons. The van der Waals surface area contributed by atoms with Gasteiger partial charge in [0.25, 0.3) is 0 Å². The van der Waals surface area contributed by atoms with Crippen molar-refractivity contribution >= 4 is 32.5 Å². The zero-order chi connectivity index (χ0) is 20.2. The minimum absolute atomic E-state index is 0.199. The first kappa shape index (κ1) is 18.9. The number of fused-ring (bicyclic) bond motifs is 2. The highest BCUT2D eigenvalue weighted by molar-refractivity contribution is 7.23. The van der Waals surface area contributed by atoms with Crippen LogP contribution in [0.2, 0.25) is 0 Å². The van der Waals surface area contributed by atoms with E-state index in [0.29, 0.717) is 5.41 Å². The van der Waals surface area contributed by atoms with Gasteiger partial charge in [0.05, 0.1) is 20.9 Å². The van der Waals surface area contributed by atoms with Crippen LogP contribution in [0, 0.1) is 11.3 Å². The molecule has 0 unspecified atom stereocenters. The average molecular weight is 411 g/mol. The van der Waals surface area contributed by atoms with Gasteiger partial charge in [0, 0.05) is 24.2 Å². The van der Waals surface area contributed by atoms with Crippen molar-refractivity contribution in [2.24, 2.45) is 11.3 Å². The fraction of sp³-hybridized carbons (Fsp3) is 0.565. The number of nitrogens with one attached hydrogen (secondary N) is 2. The Hall–Kier alpha value is -2.08. The molecule has 0 bridgehead atoms. The minimum Gasteiger partial charge on any atom is -0.352 e. The first-order valence-electron chi connectivity index (χ1n) is 10.9. The highest BCUT2D eigenvalue weighted by atomic mass is 32.1. The molecule has 6 heteroatoms. The molecule has 3 heterocycles. The molecule has 2 aliphatic carbocycles. The molecule has 0 saturated heterocycles. The summed E-state index contributed by atoms with van der Waals surface area (Å²) in [5.41, 5.74) is 6.23. The van der Waals surface area contributed by atoms with Gasteiger partial charge in [0.2, 0.25) is 5.91 Å². The number of thiophene rings is 1. The summed E-state index contributed by atoms with van der Waals surface area (Å²) < 4.78 is 1.19. The predicted molar refractivity (Wildman–Crippen MR) is 120 cm³/mol. The van der Waals surface area contributed by atoms with Crippen molar-refractivity contribution in [1.29, 1.82) is 0 Å². The van der Waals surface area contributed by atoms with Crippen molar-refractivity contribution in [1.82, 2.24) is 15.2 Å². The Bertz CT molecular complexity index is 1020. The maximum atomic E-state index is 12.9. The SMILES string of the molecule is CN(C(=O)C1CCCCC1)c1cc2[nH]c(-c3n[nH]c4c3CCC(C)(C)C4)cc2s1. The Morgan fingerprint density at radius 1 is 1.24 bits per heavy atom. The van der Waals surface area contributed by atoms with Crippen molar-refractivity contribution in [3.05, 3.63) is 23.4 Å². The van der Waals surface area contributed by atoms with Crippen molar-refractivity contribution < 1.29 is 4.79 Å². The smallest absolute Gasteiger partial charge is 0.230 e. The van der Waals surface area contributed by atoms with Crippen LogP contribution in [-0.4, -0.2) is 28.1 Å². The number of nitrogens with zero attached hydrogens (tertiary/aromatic N) is 2. The third kappa shape index (κ3) is 3.41. The quantitative estimate of drug-likeness (QED) is 0.583. The highest BCUT2D eigenvalue weighted by Crippen LogP contribution is 2.40. The Morgan fingerprint density at radius 3 is 2.79 bits per heavy atom. The lowest BCUT2D eigenvalue weighted by molar-refractivity contribution is -0.122. The van der Waals surface area contributed by atoms with Gasteiger partial charge in [-0.15, -0.1) is 11.3 Å². The summed E-state index contributed by atoms with van der Waals surface area (Å²) in [6.07, 6.45) is 9.04. The van der Waals surface area contributed by atoms with Crippen LogP contribution in [0.5, 0.6) is 0 Å². The van der Waals surface area contributed by atoms with Gasteiger partial charge in [0.1, 0.15) is 5.69 Å². The number of anilines is 1. The normalized spacial score (nSPS) is 19.4. The van der Waals surface area contributed by atoms with Crippen molar-refractivity contribution in [3.63, 3.8) is 0 Å². The largest absolute Gasteiger partial charge is 0.352 e. The molecule has 5 nitrogen and oxygen atoms in total. The third-order valence-corrected chi connectivity index (χ3v) is 7.98. The molecule has 154 valence electrons. The maximum Gasteiger partial charge on any atom is 0.230 e. The number of carbonyl (C=O) groups is 1. The molecule has 3 aromatic heterocycles. The van der Waals surface area contributed by atoms with Crippen LogP contribution in [0.15, 0.2) is 12.1 Å². The van der Waals surface area contributed by atoms with E-state index in [1.165, 1.54) is 41.6 Å². The number of rotatable bonds is 3. The van der Waals surface area contributed by atoms with Gasteiger partial charge in [-0.2, -0.15) is 5.10 Å². The van der Waals surface area contributed by atoms with E-state index in [1.807, 2.05) is 11.9 Å². The average Bonchev–Trinajstić information content (AvgIpc) is 3.38. The molecule has 2 aliphatic rings. The molecule has 1 amide bonds. The third-order valence-electron chi connectivity index (χ3n) is 6.82. The van der Waals surface area contributed by atoms with Gasteiger partial charge in [-0.05, 0) is 49.7 Å². The predicted octanol–water partition coefficient (Wildman–Crippen LogP) is 5.68. The second kappa shape index (κ2) is 7.01. The van der Waals surface area contributed by atoms with Crippen LogP contribution in [0.4, 0.5) is 5.00 Å². The van der Waals surface area contributed by atoms with Crippen LogP contribution in [0.1, 0.15) is 63.6 Å². The van der Waals surface area contributed by atoms with Crippen LogP contribution in [0.3, 0.4) is 0 Å². The molecule has 1 saturated carbocycles. The zero-order valence-corrected chi connectivity index (χ0v) is 18.4. The van der Waals surface area contributed by atoms with Crippen LogP contribution in [-0.2, 0) is 17.6 Å². The van der Waals surface area contributed by atoms with Gasteiger partial charge in [-0.1, -0.05) is 33.1 Å². The first-order chi connectivity index (χ1) is 13.9. The summed E-state index contributed by atoms with van der Waals surface area (Å²) in [6.45, 7) is 4.65. The molecule has 0 aromatic carbocycles. The van der Waals surface area contributed by atoms with E-state index in [2.05, 4.69) is 41.2 Å². The number of aromatic amines is 2. The first-order valence-corrected chi connectivity index (χ1v) is 11.7. The monoisotopic (exact) mass is 410 g/mol. The van der Waals surface area contributed by atoms with Gasteiger partial charge in [-0.25, -0.2) is 0 Å². The number of hydrogen-bond donors (Lipinski definition) is 2. The lowest BCUT2D eigenvalue weighted by Gasteiger charge is -2.29. The molecule has 29 heavy (non-hydrogen) atoms. The van der Waals surface area contributed by atoms with E-state index in [1.54, 1.807) is 11.3 Å². The number of aromatic nitrogens is 3. The van der Waals surface area contributed by atoms with Gasteiger partial charge in [-0.3, -0.25) is 9.89 Å². The Morgan fingerprint density at radius 2 is 2.03 bits per heavy atom. The van der Waals surface area contributed by atoms with E-state index in [-0.39, 0.29) is 11.8 Å². The lowest BCUT2D eigenvalue weighted by Crippen LogP contribution is -2.33. The number of H-pyrrole nitrogens is 2. The number of hydrogen-bond acceptors (Lipinski definition) is 3. The Labute approximate surface area is 175 Å². The molecule has 0 spiro atoms. The van der Waals surface area contributed by atoms with Crippen LogP contribution >= 0.6 is 11.3 Å². The molecule has 1 fully saturated rings. The zero-order valence-electron chi connectivity index (χ0n) is 17.6. The second-order valence-corrected chi connectivity index (χ2v) is 10.7. The molecule has 2 N–H and O–H groups in total. The number of amides is 1. The van der Waals surface area contributed by atoms with E-state index in [9.17, 15) is 4.79 Å². The number of carbonyl (C=O) groups excluding carboxylic acids is 1. The topological polar surface area (TPSA) is 64.8 Å². The molecule has 5 rings (SSSR count). The van der Waals surface area contributed by atoms with Gasteiger partial charge < -0.3 is 9.88 Å². The van der Waals surface area contributed by atoms with Crippen molar-refractivity contribution in [2.75, 3.05) is 11.9 Å². The summed E-state index contributed by atoms with van der Waals surface area (Å²) in [4.78, 5) is 18.3. The fourth-order valence-corrected chi connectivity index (χ4v) is 6.03. The van der Waals surface area contributed by atoms with Crippen molar-refractivity contribution in [2.45, 2.75) is 65.2 Å². The van der Waals surface area contributed by atoms with E-state index in [4.69, 9.17) is 0 Å². The molecule has 0 atom stereocenters. The van der Waals surface area contributed by atoms with Crippen molar-refractivity contribution in [3.8, 4) is 11.4 Å². The summed E-state index contributed by atoms with van der Waals surface area (Å²) in [6, 6.07) is 4.31. The highest BCUT2D eigenvalue weighted by Gasteiger charge is 2.30. The summed E-state index contributed by atoms with van der Waals surface area (Å²) in [5, 5.41) is 8.94. The summed E-state index contributed by atoms with van der Waals surface area (Å²) in [7, 11) is 1.93. The van der Waals surface area contributed by atoms with E-state index >= 15 is 0 Å². The Kier molecular flexibility index (Phi) is 4.57. The van der Waals surface area contributed by atoms with Crippen LogP contribution in [0.25, 0.3) is 21.6 Å². The summed E-state index contributed by atoms with van der Waals surface area (Å²) in [5.74, 6) is 0.474. The summed E-state index contributed by atoms with van der Waals surface area (Å²) >= 11 is 1.69. The minimum atomic E-state index is 0.199. The van der Waals surface area contributed by atoms with E-state index in [0.717, 1.165) is 47.6 Å². The van der Waals surface area contributed by atoms with Gasteiger partial charge in [0.15, 0.2) is 0 Å². The Balaban J connectivity index is 1.39. The molecular weight excluding hydrogens is 380 g/mol.